The summed E-state index contributed by atoms with van der Waals surface area (Å²) in [5, 5.41) is 11.2. The number of hydrogen-bond acceptors (Lipinski definition) is 4. The largest absolute Gasteiger partial charge is 0.381 e. The van der Waals surface area contributed by atoms with Gasteiger partial charge in [0.15, 0.2) is 11.7 Å². The lowest BCUT2D eigenvalue weighted by atomic mass is 9.72. The lowest BCUT2D eigenvalue weighted by molar-refractivity contribution is 0.0512. The molecular weight excluding hydrogens is 503 g/mol. The smallest absolute Gasteiger partial charge is 0.191 e. The number of aromatic nitrogens is 1. The highest BCUT2D eigenvalue weighted by Crippen LogP contribution is 2.36. The molecule has 0 amide bonds. The molecule has 0 atom stereocenters. The molecule has 2 heterocycles. The van der Waals surface area contributed by atoms with Gasteiger partial charge in [0.05, 0.1) is 12.2 Å². The number of hydrogen-bond donors (Lipinski definition) is 2. The van der Waals surface area contributed by atoms with Crippen LogP contribution in [0.1, 0.15) is 68.0 Å². The van der Waals surface area contributed by atoms with Crippen molar-refractivity contribution >= 4 is 29.9 Å². The molecule has 0 saturated carbocycles. The predicted molar refractivity (Wildman–Crippen MR) is 136 cm³/mol. The Morgan fingerprint density at radius 1 is 1.16 bits per heavy atom. The summed E-state index contributed by atoms with van der Waals surface area (Å²) in [6.07, 6.45) is 4.15. The zero-order chi connectivity index (χ0) is 21.4. The second-order valence-electron chi connectivity index (χ2n) is 8.22. The molecule has 31 heavy (non-hydrogen) atoms. The number of ether oxygens (including phenoxy) is 1. The van der Waals surface area contributed by atoms with E-state index in [0.717, 1.165) is 62.9 Å². The second-order valence-corrected chi connectivity index (χ2v) is 8.22. The summed E-state index contributed by atoms with van der Waals surface area (Å²) in [5.41, 5.74) is 3.83. The van der Waals surface area contributed by atoms with E-state index in [2.05, 4.69) is 71.9 Å². The van der Waals surface area contributed by atoms with E-state index in [1.54, 1.807) is 7.05 Å². The number of rotatable bonds is 8. The molecule has 1 saturated heterocycles. The first-order valence-corrected chi connectivity index (χ1v) is 11.2. The number of benzene rings is 1. The standard InChI is InChI=1S/C24H36N4O2.HI/c1-5-19(6-2)22-15-20(30-28-22)16-26-23(25-4)27-17-24(11-13-29-14-12-24)21-10-8-7-9-18(21)3;/h7-10,15,19H,5-6,11-14,16-17H2,1-4H3,(H2,25,26,27);1H. The van der Waals surface area contributed by atoms with E-state index in [4.69, 9.17) is 9.26 Å². The second kappa shape index (κ2) is 12.4. The highest BCUT2D eigenvalue weighted by atomic mass is 127. The molecular formula is C24H37IN4O2. The van der Waals surface area contributed by atoms with Gasteiger partial charge in [-0.05, 0) is 43.7 Å². The molecule has 1 aliphatic rings. The zero-order valence-electron chi connectivity index (χ0n) is 19.2. The van der Waals surface area contributed by atoms with Gasteiger partial charge < -0.3 is 19.9 Å². The van der Waals surface area contributed by atoms with Crippen LogP contribution in [-0.2, 0) is 16.7 Å². The SMILES string of the molecule is CCC(CC)c1cc(CNC(=NC)NCC2(c3ccccc3C)CCOCC2)on1.I. The molecule has 2 N–H and O–H groups in total. The summed E-state index contributed by atoms with van der Waals surface area (Å²) in [6, 6.07) is 10.7. The number of aliphatic imine (C=N–C) groups is 1. The van der Waals surface area contributed by atoms with Crippen LogP contribution in [0.25, 0.3) is 0 Å². The Balaban J connectivity index is 0.00000341. The first-order chi connectivity index (χ1) is 14.6. The van der Waals surface area contributed by atoms with Gasteiger partial charge in [-0.1, -0.05) is 43.3 Å². The minimum atomic E-state index is 0. The average Bonchev–Trinajstić information content (AvgIpc) is 3.24. The summed E-state index contributed by atoms with van der Waals surface area (Å²) in [7, 11) is 1.80. The molecule has 0 spiro atoms. The summed E-state index contributed by atoms with van der Waals surface area (Å²) in [5.74, 6) is 2.07. The van der Waals surface area contributed by atoms with E-state index < -0.39 is 0 Å². The number of nitrogens with one attached hydrogen (secondary N) is 2. The Morgan fingerprint density at radius 3 is 2.52 bits per heavy atom. The van der Waals surface area contributed by atoms with Crippen molar-refractivity contribution in [3.05, 3.63) is 52.9 Å². The van der Waals surface area contributed by atoms with Crippen molar-refractivity contribution in [3.8, 4) is 0 Å². The van der Waals surface area contributed by atoms with Gasteiger partial charge in [-0.15, -0.1) is 24.0 Å². The van der Waals surface area contributed by atoms with Crippen molar-refractivity contribution < 1.29 is 9.26 Å². The van der Waals surface area contributed by atoms with E-state index >= 15 is 0 Å². The molecule has 6 nitrogen and oxygen atoms in total. The summed E-state index contributed by atoms with van der Waals surface area (Å²) >= 11 is 0. The van der Waals surface area contributed by atoms with Crippen molar-refractivity contribution in [3.63, 3.8) is 0 Å². The molecule has 172 valence electrons. The van der Waals surface area contributed by atoms with Crippen LogP contribution in [-0.4, -0.2) is 37.9 Å². The summed E-state index contributed by atoms with van der Waals surface area (Å²) in [4.78, 5) is 4.41. The van der Waals surface area contributed by atoms with E-state index in [9.17, 15) is 0 Å². The Kier molecular flexibility index (Phi) is 10.3. The van der Waals surface area contributed by atoms with E-state index in [1.807, 2.05) is 0 Å². The number of aryl methyl sites for hydroxylation is 1. The third-order valence-electron chi connectivity index (χ3n) is 6.40. The van der Waals surface area contributed by atoms with Gasteiger partial charge in [-0.25, -0.2) is 0 Å². The molecule has 7 heteroatoms. The third-order valence-corrected chi connectivity index (χ3v) is 6.40. The maximum Gasteiger partial charge on any atom is 0.191 e. The molecule has 0 radical (unpaired) electrons. The van der Waals surface area contributed by atoms with Crippen molar-refractivity contribution in [1.29, 1.82) is 0 Å². The molecule has 0 aliphatic carbocycles. The van der Waals surface area contributed by atoms with Crippen LogP contribution < -0.4 is 10.6 Å². The van der Waals surface area contributed by atoms with Gasteiger partial charge in [0, 0.05) is 44.2 Å². The fourth-order valence-corrected chi connectivity index (χ4v) is 4.43. The Labute approximate surface area is 203 Å². The van der Waals surface area contributed by atoms with Crippen LogP contribution in [0.15, 0.2) is 39.8 Å². The van der Waals surface area contributed by atoms with Gasteiger partial charge in [-0.3, -0.25) is 4.99 Å². The first-order valence-electron chi connectivity index (χ1n) is 11.2. The Hall–Kier alpha value is -1.61. The van der Waals surface area contributed by atoms with Gasteiger partial charge in [0.25, 0.3) is 0 Å². The maximum absolute atomic E-state index is 5.67. The van der Waals surface area contributed by atoms with Gasteiger partial charge in [0.1, 0.15) is 0 Å². The molecule has 3 rings (SSSR count). The quantitative estimate of drug-likeness (QED) is 0.283. The molecule has 1 aromatic heterocycles. The average molecular weight is 540 g/mol. The Morgan fingerprint density at radius 2 is 1.87 bits per heavy atom. The number of nitrogens with zero attached hydrogens (tertiary/aromatic N) is 2. The van der Waals surface area contributed by atoms with E-state index in [0.29, 0.717) is 12.5 Å². The van der Waals surface area contributed by atoms with Crippen LogP contribution in [0, 0.1) is 6.92 Å². The van der Waals surface area contributed by atoms with Crippen LogP contribution in [0.3, 0.4) is 0 Å². The van der Waals surface area contributed by atoms with Crippen molar-refractivity contribution in [2.75, 3.05) is 26.8 Å². The Bertz CT molecular complexity index is 826. The lowest BCUT2D eigenvalue weighted by Crippen LogP contribution is -2.48. The molecule has 1 aromatic carbocycles. The summed E-state index contributed by atoms with van der Waals surface area (Å²) < 4.78 is 11.2. The number of guanidine groups is 1. The molecule has 1 fully saturated rings. The van der Waals surface area contributed by atoms with Crippen molar-refractivity contribution in [2.45, 2.75) is 64.3 Å². The third kappa shape index (κ3) is 6.44. The van der Waals surface area contributed by atoms with Crippen LogP contribution in [0.5, 0.6) is 0 Å². The normalized spacial score (nSPS) is 16.1. The van der Waals surface area contributed by atoms with Gasteiger partial charge >= 0.3 is 0 Å². The highest BCUT2D eigenvalue weighted by molar-refractivity contribution is 14.0. The van der Waals surface area contributed by atoms with Crippen molar-refractivity contribution in [2.24, 2.45) is 4.99 Å². The highest BCUT2D eigenvalue weighted by Gasteiger charge is 2.35. The predicted octanol–water partition coefficient (Wildman–Crippen LogP) is 4.92. The van der Waals surface area contributed by atoms with Crippen molar-refractivity contribution in [1.82, 2.24) is 15.8 Å². The number of halogens is 1. The van der Waals surface area contributed by atoms with E-state index in [-0.39, 0.29) is 29.4 Å². The molecule has 0 bridgehead atoms. The van der Waals surface area contributed by atoms with Gasteiger partial charge in [0.2, 0.25) is 0 Å². The first kappa shape index (κ1) is 25.6. The minimum Gasteiger partial charge on any atom is -0.381 e. The van der Waals surface area contributed by atoms with Crippen LogP contribution >= 0.6 is 24.0 Å². The summed E-state index contributed by atoms with van der Waals surface area (Å²) in [6.45, 7) is 9.53. The molecule has 1 aliphatic heterocycles. The molecule has 2 aromatic rings. The van der Waals surface area contributed by atoms with E-state index in [1.165, 1.54) is 11.1 Å². The molecule has 0 unspecified atom stereocenters. The monoisotopic (exact) mass is 540 g/mol. The zero-order valence-corrected chi connectivity index (χ0v) is 21.6. The maximum atomic E-state index is 5.67. The van der Waals surface area contributed by atoms with Crippen LogP contribution in [0.4, 0.5) is 0 Å². The van der Waals surface area contributed by atoms with Crippen LogP contribution in [0.2, 0.25) is 0 Å². The lowest BCUT2D eigenvalue weighted by Gasteiger charge is -2.39. The topological polar surface area (TPSA) is 71.7 Å². The minimum absolute atomic E-state index is 0. The fraction of sp³-hybridized carbons (Fsp3) is 0.583. The fourth-order valence-electron chi connectivity index (χ4n) is 4.43. The van der Waals surface area contributed by atoms with Gasteiger partial charge in [-0.2, -0.15) is 0 Å².